The molecule has 0 spiro atoms. The van der Waals surface area contributed by atoms with Gasteiger partial charge in [-0.3, -0.25) is 9.69 Å². The lowest BCUT2D eigenvalue weighted by molar-refractivity contribution is 0.112. The van der Waals surface area contributed by atoms with Crippen LogP contribution >= 0.6 is 0 Å². The van der Waals surface area contributed by atoms with E-state index in [2.05, 4.69) is 24.8 Å². The maximum atomic E-state index is 10.7. The highest BCUT2D eigenvalue weighted by Gasteiger charge is 2.03. The van der Waals surface area contributed by atoms with E-state index in [1.165, 1.54) is 18.4 Å². The molecule has 1 aromatic carbocycles. The summed E-state index contributed by atoms with van der Waals surface area (Å²) in [7, 11) is 0. The van der Waals surface area contributed by atoms with Crippen molar-refractivity contribution in [1.29, 1.82) is 0 Å². The summed E-state index contributed by atoms with van der Waals surface area (Å²) in [5.41, 5.74) is 1.99. The maximum Gasteiger partial charge on any atom is 0.150 e. The van der Waals surface area contributed by atoms with Crippen molar-refractivity contribution in [3.63, 3.8) is 0 Å². The van der Waals surface area contributed by atoms with Crippen molar-refractivity contribution in [2.75, 3.05) is 13.1 Å². The third kappa shape index (κ3) is 4.15. The van der Waals surface area contributed by atoms with Crippen LogP contribution < -0.4 is 0 Å². The van der Waals surface area contributed by atoms with Crippen LogP contribution in [-0.4, -0.2) is 24.3 Å². The minimum Gasteiger partial charge on any atom is -0.299 e. The first-order valence-corrected chi connectivity index (χ1v) is 6.06. The summed E-state index contributed by atoms with van der Waals surface area (Å²) in [6.45, 7) is 7.53. The van der Waals surface area contributed by atoms with Crippen molar-refractivity contribution in [3.8, 4) is 0 Å². The fourth-order valence-electron chi connectivity index (χ4n) is 1.75. The van der Waals surface area contributed by atoms with Gasteiger partial charge in [0.25, 0.3) is 0 Å². The van der Waals surface area contributed by atoms with Gasteiger partial charge in [-0.05, 0) is 31.1 Å². The van der Waals surface area contributed by atoms with Crippen molar-refractivity contribution in [3.05, 3.63) is 35.4 Å². The minimum absolute atomic E-state index is 0.768. The number of benzene rings is 1. The van der Waals surface area contributed by atoms with Crippen LogP contribution in [0.5, 0.6) is 0 Å². The highest BCUT2D eigenvalue weighted by atomic mass is 16.1. The molecule has 1 aromatic rings. The van der Waals surface area contributed by atoms with Crippen molar-refractivity contribution in [2.24, 2.45) is 0 Å². The third-order valence-electron chi connectivity index (χ3n) is 2.77. The molecule has 16 heavy (non-hydrogen) atoms. The predicted molar refractivity (Wildman–Crippen MR) is 67.7 cm³/mol. The van der Waals surface area contributed by atoms with Crippen molar-refractivity contribution in [1.82, 2.24) is 4.90 Å². The van der Waals surface area contributed by atoms with Crippen LogP contribution in [0.3, 0.4) is 0 Å². The van der Waals surface area contributed by atoms with E-state index in [0.29, 0.717) is 0 Å². The molecule has 0 unspecified atom stereocenters. The number of carbonyl (C=O) groups excluding carboxylic acids is 1. The Morgan fingerprint density at radius 3 is 2.75 bits per heavy atom. The fraction of sp³-hybridized carbons (Fsp3) is 0.500. The average molecular weight is 219 g/mol. The van der Waals surface area contributed by atoms with Crippen LogP contribution in [0.4, 0.5) is 0 Å². The van der Waals surface area contributed by atoms with Gasteiger partial charge >= 0.3 is 0 Å². The smallest absolute Gasteiger partial charge is 0.150 e. The molecule has 0 saturated heterocycles. The van der Waals surface area contributed by atoms with E-state index in [9.17, 15) is 4.79 Å². The second-order valence-electron chi connectivity index (χ2n) is 4.09. The van der Waals surface area contributed by atoms with Gasteiger partial charge in [0.05, 0.1) is 0 Å². The Bertz CT molecular complexity index is 322. The van der Waals surface area contributed by atoms with Crippen LogP contribution in [-0.2, 0) is 6.54 Å². The molecule has 88 valence electrons. The number of nitrogens with zero attached hydrogens (tertiary/aromatic N) is 1. The first-order chi connectivity index (χ1) is 7.80. The number of unbranched alkanes of at least 4 members (excludes halogenated alkanes) is 1. The first kappa shape index (κ1) is 12.9. The summed E-state index contributed by atoms with van der Waals surface area (Å²) in [6.07, 6.45) is 3.37. The summed E-state index contributed by atoms with van der Waals surface area (Å²) in [6, 6.07) is 7.86. The molecular formula is C14H21NO. The average Bonchev–Trinajstić information content (AvgIpc) is 2.34. The lowest BCUT2D eigenvalue weighted by Crippen LogP contribution is -2.23. The van der Waals surface area contributed by atoms with Gasteiger partial charge in [0, 0.05) is 12.1 Å². The molecule has 2 heteroatoms. The summed E-state index contributed by atoms with van der Waals surface area (Å²) < 4.78 is 0. The number of hydrogen-bond acceptors (Lipinski definition) is 2. The van der Waals surface area contributed by atoms with Crippen LogP contribution in [0.15, 0.2) is 24.3 Å². The summed E-state index contributed by atoms with van der Waals surface area (Å²) in [4.78, 5) is 13.1. The molecule has 0 heterocycles. The second kappa shape index (κ2) is 7.18. The van der Waals surface area contributed by atoms with E-state index in [4.69, 9.17) is 0 Å². The predicted octanol–water partition coefficient (Wildman–Crippen LogP) is 3.12. The van der Waals surface area contributed by atoms with E-state index < -0.39 is 0 Å². The Morgan fingerprint density at radius 2 is 2.12 bits per heavy atom. The van der Waals surface area contributed by atoms with Gasteiger partial charge < -0.3 is 0 Å². The van der Waals surface area contributed by atoms with Crippen LogP contribution in [0.25, 0.3) is 0 Å². The van der Waals surface area contributed by atoms with Crippen molar-refractivity contribution < 1.29 is 4.79 Å². The molecule has 2 nitrogen and oxygen atoms in total. The van der Waals surface area contributed by atoms with Gasteiger partial charge in [0.15, 0.2) is 0 Å². The Kier molecular flexibility index (Phi) is 5.79. The highest BCUT2D eigenvalue weighted by molar-refractivity contribution is 5.74. The standard InChI is InChI=1S/C14H21NO/c1-3-5-9-15(4-2)11-13-7-6-8-14(10-13)12-16/h6-8,10,12H,3-5,9,11H2,1-2H3. The number of aldehydes is 1. The van der Waals surface area contributed by atoms with E-state index in [0.717, 1.165) is 31.5 Å². The van der Waals surface area contributed by atoms with Gasteiger partial charge in [-0.2, -0.15) is 0 Å². The van der Waals surface area contributed by atoms with Gasteiger partial charge in [-0.1, -0.05) is 38.5 Å². The molecule has 0 aliphatic heterocycles. The second-order valence-corrected chi connectivity index (χ2v) is 4.09. The fourth-order valence-corrected chi connectivity index (χ4v) is 1.75. The van der Waals surface area contributed by atoms with Crippen LogP contribution in [0.1, 0.15) is 42.6 Å². The zero-order valence-corrected chi connectivity index (χ0v) is 10.3. The highest BCUT2D eigenvalue weighted by Crippen LogP contribution is 2.08. The van der Waals surface area contributed by atoms with E-state index in [1.807, 2.05) is 18.2 Å². The summed E-state index contributed by atoms with van der Waals surface area (Å²) >= 11 is 0. The van der Waals surface area contributed by atoms with Crippen molar-refractivity contribution >= 4 is 6.29 Å². The SMILES string of the molecule is CCCCN(CC)Cc1cccc(C=O)c1. The number of hydrogen-bond donors (Lipinski definition) is 0. The first-order valence-electron chi connectivity index (χ1n) is 6.06. The van der Waals surface area contributed by atoms with Crippen LogP contribution in [0, 0.1) is 0 Å². The van der Waals surface area contributed by atoms with Crippen LogP contribution in [0.2, 0.25) is 0 Å². The maximum absolute atomic E-state index is 10.7. The molecule has 0 atom stereocenters. The van der Waals surface area contributed by atoms with E-state index in [1.54, 1.807) is 0 Å². The topological polar surface area (TPSA) is 20.3 Å². The van der Waals surface area contributed by atoms with E-state index in [-0.39, 0.29) is 0 Å². The normalized spacial score (nSPS) is 10.7. The molecule has 0 bridgehead atoms. The molecule has 1 rings (SSSR count). The molecule has 0 amide bonds. The minimum atomic E-state index is 0.768. The Labute approximate surface area is 98.3 Å². The van der Waals surface area contributed by atoms with Gasteiger partial charge in [0.2, 0.25) is 0 Å². The van der Waals surface area contributed by atoms with Gasteiger partial charge in [0.1, 0.15) is 6.29 Å². The zero-order chi connectivity index (χ0) is 11.8. The Morgan fingerprint density at radius 1 is 1.31 bits per heavy atom. The zero-order valence-electron chi connectivity index (χ0n) is 10.3. The summed E-state index contributed by atoms with van der Waals surface area (Å²) in [5, 5.41) is 0. The molecule has 0 radical (unpaired) electrons. The molecule has 0 N–H and O–H groups in total. The lowest BCUT2D eigenvalue weighted by Gasteiger charge is -2.20. The Balaban J connectivity index is 2.58. The molecular weight excluding hydrogens is 198 g/mol. The molecule has 0 saturated carbocycles. The summed E-state index contributed by atoms with van der Waals surface area (Å²) in [5.74, 6) is 0. The van der Waals surface area contributed by atoms with E-state index >= 15 is 0 Å². The molecule has 0 aliphatic rings. The van der Waals surface area contributed by atoms with Crippen molar-refractivity contribution in [2.45, 2.75) is 33.2 Å². The number of rotatable bonds is 7. The molecule has 0 aromatic heterocycles. The quantitative estimate of drug-likeness (QED) is 0.657. The molecule has 0 aliphatic carbocycles. The monoisotopic (exact) mass is 219 g/mol. The molecule has 0 fully saturated rings. The Hall–Kier alpha value is -1.15. The van der Waals surface area contributed by atoms with Gasteiger partial charge in [-0.25, -0.2) is 0 Å². The largest absolute Gasteiger partial charge is 0.299 e. The van der Waals surface area contributed by atoms with Gasteiger partial charge in [-0.15, -0.1) is 0 Å². The third-order valence-corrected chi connectivity index (χ3v) is 2.77. The lowest BCUT2D eigenvalue weighted by atomic mass is 10.1. The number of carbonyl (C=O) groups is 1.